The second-order valence-corrected chi connectivity index (χ2v) is 6.86. The molecule has 2 rings (SSSR count). The van der Waals surface area contributed by atoms with Gasteiger partial charge in [0, 0.05) is 12.5 Å². The van der Waals surface area contributed by atoms with Gasteiger partial charge in [-0.1, -0.05) is 13.8 Å². The van der Waals surface area contributed by atoms with Gasteiger partial charge in [0.05, 0.1) is 23.0 Å². The summed E-state index contributed by atoms with van der Waals surface area (Å²) in [5.41, 5.74) is 0.797. The first kappa shape index (κ1) is 16.7. The maximum absolute atomic E-state index is 12.4. The Morgan fingerprint density at radius 1 is 1.45 bits per heavy atom. The Labute approximate surface area is 135 Å². The van der Waals surface area contributed by atoms with Crippen molar-refractivity contribution in [1.82, 2.24) is 15.2 Å². The zero-order valence-corrected chi connectivity index (χ0v) is 14.5. The monoisotopic (exact) mass is 321 g/mol. The number of carbonyl (C=O) groups excluding carboxylic acids is 1. The molecule has 0 aliphatic rings. The maximum atomic E-state index is 12.4. The van der Waals surface area contributed by atoms with Crippen LogP contribution in [0.1, 0.15) is 51.9 Å². The van der Waals surface area contributed by atoms with E-state index in [0.717, 1.165) is 16.5 Å². The van der Waals surface area contributed by atoms with Gasteiger partial charge in [-0.2, -0.15) is 0 Å². The van der Waals surface area contributed by atoms with E-state index in [2.05, 4.69) is 24.1 Å². The molecule has 1 N–H and O–H groups in total. The van der Waals surface area contributed by atoms with Gasteiger partial charge in [-0.25, -0.2) is 4.98 Å². The lowest BCUT2D eigenvalue weighted by molar-refractivity contribution is 0.0942. The number of furan rings is 1. The van der Waals surface area contributed by atoms with E-state index in [0.29, 0.717) is 17.3 Å². The van der Waals surface area contributed by atoms with E-state index in [1.165, 1.54) is 11.3 Å². The average molecular weight is 321 g/mol. The standard InChI is InChI=1S/C16H23N3O2S/c1-10(2)16-18-11(3)14(22-16)15(20)17-9-12(19(4)5)13-7-6-8-21-13/h6-8,10,12H,9H2,1-5H3,(H,17,20). The molecule has 1 unspecified atom stereocenters. The summed E-state index contributed by atoms with van der Waals surface area (Å²) in [4.78, 5) is 19.6. The number of rotatable bonds is 6. The minimum atomic E-state index is -0.0692. The third-order valence-corrected chi connectivity index (χ3v) is 4.92. The molecule has 6 heteroatoms. The molecule has 120 valence electrons. The fourth-order valence-corrected chi connectivity index (χ4v) is 3.15. The number of carbonyl (C=O) groups is 1. The van der Waals surface area contributed by atoms with Crippen LogP contribution < -0.4 is 5.32 Å². The molecule has 2 heterocycles. The maximum Gasteiger partial charge on any atom is 0.263 e. The lowest BCUT2D eigenvalue weighted by atomic mass is 10.2. The number of aromatic nitrogens is 1. The van der Waals surface area contributed by atoms with Crippen molar-refractivity contribution in [1.29, 1.82) is 0 Å². The Hall–Kier alpha value is -1.66. The quantitative estimate of drug-likeness (QED) is 0.887. The third kappa shape index (κ3) is 3.75. The van der Waals surface area contributed by atoms with Crippen LogP contribution in [0.5, 0.6) is 0 Å². The molecule has 0 spiro atoms. The predicted octanol–water partition coefficient (Wildman–Crippen LogP) is 3.20. The topological polar surface area (TPSA) is 58.4 Å². The second kappa shape index (κ2) is 7.07. The first-order chi connectivity index (χ1) is 10.4. The molecule has 0 bridgehead atoms. The zero-order valence-electron chi connectivity index (χ0n) is 13.7. The largest absolute Gasteiger partial charge is 0.468 e. The van der Waals surface area contributed by atoms with Gasteiger partial charge in [0.25, 0.3) is 5.91 Å². The molecule has 0 saturated heterocycles. The molecule has 5 nitrogen and oxygen atoms in total. The van der Waals surface area contributed by atoms with Crippen LogP contribution >= 0.6 is 11.3 Å². The van der Waals surface area contributed by atoms with E-state index in [-0.39, 0.29) is 11.9 Å². The summed E-state index contributed by atoms with van der Waals surface area (Å²) in [7, 11) is 3.93. The fourth-order valence-electron chi connectivity index (χ4n) is 2.16. The van der Waals surface area contributed by atoms with Crippen LogP contribution in [0.25, 0.3) is 0 Å². The number of nitrogens with one attached hydrogen (secondary N) is 1. The molecule has 0 fully saturated rings. The molecular weight excluding hydrogens is 298 g/mol. The van der Waals surface area contributed by atoms with Gasteiger partial charge in [-0.15, -0.1) is 11.3 Å². The Balaban J connectivity index is 2.05. The lowest BCUT2D eigenvalue weighted by Crippen LogP contribution is -2.34. The average Bonchev–Trinajstić information content (AvgIpc) is 3.08. The highest BCUT2D eigenvalue weighted by Gasteiger charge is 2.21. The van der Waals surface area contributed by atoms with Gasteiger partial charge in [0.1, 0.15) is 10.6 Å². The molecule has 0 saturated carbocycles. The predicted molar refractivity (Wildman–Crippen MR) is 88.4 cm³/mol. The van der Waals surface area contributed by atoms with Crippen molar-refractivity contribution in [3.8, 4) is 0 Å². The molecule has 0 aromatic carbocycles. The Bertz CT molecular complexity index is 617. The van der Waals surface area contributed by atoms with Crippen molar-refractivity contribution in [2.45, 2.75) is 32.7 Å². The molecule has 2 aromatic rings. The summed E-state index contributed by atoms with van der Waals surface area (Å²) in [6, 6.07) is 3.79. The molecule has 0 radical (unpaired) electrons. The summed E-state index contributed by atoms with van der Waals surface area (Å²) in [6.07, 6.45) is 1.65. The summed E-state index contributed by atoms with van der Waals surface area (Å²) in [6.45, 7) is 6.54. The van der Waals surface area contributed by atoms with Crippen LogP contribution in [-0.4, -0.2) is 36.4 Å². The van der Waals surface area contributed by atoms with E-state index in [9.17, 15) is 4.79 Å². The van der Waals surface area contributed by atoms with Crippen LogP contribution in [0.4, 0.5) is 0 Å². The first-order valence-electron chi connectivity index (χ1n) is 7.35. The summed E-state index contributed by atoms with van der Waals surface area (Å²) in [5.74, 6) is 1.11. The van der Waals surface area contributed by atoms with Crippen molar-refractivity contribution >= 4 is 17.2 Å². The molecular formula is C16H23N3O2S. The Morgan fingerprint density at radius 3 is 2.68 bits per heavy atom. The smallest absolute Gasteiger partial charge is 0.263 e. The van der Waals surface area contributed by atoms with E-state index in [1.54, 1.807) is 6.26 Å². The normalized spacial score (nSPS) is 12.9. The zero-order chi connectivity index (χ0) is 16.3. The molecule has 0 aliphatic carbocycles. The number of aryl methyl sites for hydroxylation is 1. The minimum Gasteiger partial charge on any atom is -0.468 e. The molecule has 1 atom stereocenters. The van der Waals surface area contributed by atoms with E-state index < -0.39 is 0 Å². The van der Waals surface area contributed by atoms with E-state index >= 15 is 0 Å². The SMILES string of the molecule is Cc1nc(C(C)C)sc1C(=O)NCC(c1ccco1)N(C)C. The van der Waals surface area contributed by atoms with Crippen LogP contribution in [0.3, 0.4) is 0 Å². The number of hydrogen-bond acceptors (Lipinski definition) is 5. The summed E-state index contributed by atoms with van der Waals surface area (Å²) in [5, 5.41) is 3.99. The van der Waals surface area contributed by atoms with Gasteiger partial charge < -0.3 is 9.73 Å². The molecule has 1 amide bonds. The molecule has 0 aliphatic heterocycles. The first-order valence-corrected chi connectivity index (χ1v) is 8.17. The van der Waals surface area contributed by atoms with Gasteiger partial charge in [0.15, 0.2) is 0 Å². The summed E-state index contributed by atoms with van der Waals surface area (Å²) >= 11 is 1.47. The van der Waals surface area contributed by atoms with Crippen molar-refractivity contribution in [3.63, 3.8) is 0 Å². The highest BCUT2D eigenvalue weighted by atomic mass is 32.1. The summed E-state index contributed by atoms with van der Waals surface area (Å²) < 4.78 is 5.45. The Morgan fingerprint density at radius 2 is 2.18 bits per heavy atom. The molecule has 2 aromatic heterocycles. The van der Waals surface area contributed by atoms with Crippen LogP contribution in [-0.2, 0) is 0 Å². The van der Waals surface area contributed by atoms with Gasteiger partial charge in [-0.3, -0.25) is 9.69 Å². The van der Waals surface area contributed by atoms with Gasteiger partial charge >= 0.3 is 0 Å². The minimum absolute atomic E-state index is 0.0109. The Kier molecular flexibility index (Phi) is 5.37. The van der Waals surface area contributed by atoms with Crippen LogP contribution in [0.15, 0.2) is 22.8 Å². The number of hydrogen-bond donors (Lipinski definition) is 1. The number of likely N-dealkylation sites (N-methyl/N-ethyl adjacent to an activating group) is 1. The second-order valence-electron chi connectivity index (χ2n) is 5.83. The third-order valence-electron chi connectivity index (χ3n) is 3.46. The number of nitrogens with zero attached hydrogens (tertiary/aromatic N) is 2. The van der Waals surface area contributed by atoms with E-state index in [4.69, 9.17) is 4.42 Å². The number of amides is 1. The van der Waals surface area contributed by atoms with Gasteiger partial charge in [-0.05, 0) is 33.2 Å². The van der Waals surface area contributed by atoms with Crippen molar-refractivity contribution in [3.05, 3.63) is 39.7 Å². The fraction of sp³-hybridized carbons (Fsp3) is 0.500. The van der Waals surface area contributed by atoms with Crippen molar-refractivity contribution in [2.75, 3.05) is 20.6 Å². The van der Waals surface area contributed by atoms with Crippen LogP contribution in [0.2, 0.25) is 0 Å². The van der Waals surface area contributed by atoms with Crippen molar-refractivity contribution < 1.29 is 9.21 Å². The van der Waals surface area contributed by atoms with Crippen LogP contribution in [0, 0.1) is 6.92 Å². The lowest BCUT2D eigenvalue weighted by Gasteiger charge is -2.22. The van der Waals surface area contributed by atoms with E-state index in [1.807, 2.05) is 38.1 Å². The molecule has 22 heavy (non-hydrogen) atoms. The highest BCUT2D eigenvalue weighted by Crippen LogP contribution is 2.25. The highest BCUT2D eigenvalue weighted by molar-refractivity contribution is 7.13. The van der Waals surface area contributed by atoms with Gasteiger partial charge in [0.2, 0.25) is 0 Å². The number of thiazole rings is 1. The van der Waals surface area contributed by atoms with Crippen molar-refractivity contribution in [2.24, 2.45) is 0 Å².